The molecule has 0 spiro atoms. The first-order valence-electron chi connectivity index (χ1n) is 9.44. The van der Waals surface area contributed by atoms with E-state index in [1.807, 2.05) is 0 Å². The quantitative estimate of drug-likeness (QED) is 0.164. The lowest BCUT2D eigenvalue weighted by Gasteiger charge is -2.42. The highest BCUT2D eigenvalue weighted by Crippen LogP contribution is 2.62. The largest absolute Gasteiger partial charge is 0.459 e. The molecule has 0 radical (unpaired) electrons. The van der Waals surface area contributed by atoms with Gasteiger partial charge in [0.2, 0.25) is 0 Å². The average molecular weight is 558 g/mol. The summed E-state index contributed by atoms with van der Waals surface area (Å²) in [6.45, 7) is -0.201. The Bertz CT molecular complexity index is 713. The Morgan fingerprint density at radius 1 is 0.629 bits per heavy atom. The highest BCUT2D eigenvalue weighted by atomic mass is 19.4. The van der Waals surface area contributed by atoms with Crippen LogP contribution in [0.25, 0.3) is 0 Å². The number of halogens is 16. The SMILES string of the molecule is CCCC(CCC)C(=O)OCC(F)(F)C(F)(F)C(F)(F)C(F)(F)C(F)(F)C(F)(F)C(F)(F)C(F)F. The predicted octanol–water partition coefficient (Wildman–Crippen LogP) is 7.46. The topological polar surface area (TPSA) is 26.3 Å². The van der Waals surface area contributed by atoms with Crippen molar-refractivity contribution in [3.8, 4) is 0 Å². The van der Waals surface area contributed by atoms with Crippen molar-refractivity contribution >= 4 is 5.97 Å². The summed E-state index contributed by atoms with van der Waals surface area (Å²) in [5.41, 5.74) is 0. The van der Waals surface area contributed by atoms with E-state index in [1.54, 1.807) is 0 Å². The second kappa shape index (κ2) is 10.4. The molecule has 0 aromatic rings. The summed E-state index contributed by atoms with van der Waals surface area (Å²) < 4.78 is 215. The van der Waals surface area contributed by atoms with E-state index < -0.39 is 66.4 Å². The van der Waals surface area contributed by atoms with Crippen LogP contribution >= 0.6 is 0 Å². The van der Waals surface area contributed by atoms with Crippen LogP contribution in [0, 0.1) is 5.92 Å². The first-order valence-corrected chi connectivity index (χ1v) is 9.44. The molecule has 0 rings (SSSR count). The van der Waals surface area contributed by atoms with Gasteiger partial charge in [0.15, 0.2) is 6.61 Å². The summed E-state index contributed by atoms with van der Waals surface area (Å²) in [6, 6.07) is 0. The number of esters is 1. The van der Waals surface area contributed by atoms with Crippen molar-refractivity contribution in [2.45, 2.75) is 87.4 Å². The minimum absolute atomic E-state index is 0.0947. The lowest BCUT2D eigenvalue weighted by molar-refractivity contribution is -0.447. The van der Waals surface area contributed by atoms with Crippen molar-refractivity contribution in [2.75, 3.05) is 6.61 Å². The second-order valence-electron chi connectivity index (χ2n) is 7.38. The highest BCUT2D eigenvalue weighted by molar-refractivity contribution is 5.72. The minimum Gasteiger partial charge on any atom is -0.459 e. The van der Waals surface area contributed by atoms with Gasteiger partial charge in [0.1, 0.15) is 0 Å². The van der Waals surface area contributed by atoms with Gasteiger partial charge < -0.3 is 4.74 Å². The van der Waals surface area contributed by atoms with Gasteiger partial charge >= 0.3 is 53.9 Å². The molecule has 0 aromatic carbocycles. The van der Waals surface area contributed by atoms with E-state index in [9.17, 15) is 75.0 Å². The van der Waals surface area contributed by atoms with Gasteiger partial charge in [0, 0.05) is 0 Å². The van der Waals surface area contributed by atoms with E-state index in [-0.39, 0.29) is 25.7 Å². The van der Waals surface area contributed by atoms with E-state index in [4.69, 9.17) is 0 Å². The van der Waals surface area contributed by atoms with Gasteiger partial charge in [0.25, 0.3) is 0 Å². The highest BCUT2D eigenvalue weighted by Gasteiger charge is 2.93. The lowest BCUT2D eigenvalue weighted by Crippen LogP contribution is -2.74. The molecule has 0 amide bonds. The number of hydrogen-bond acceptors (Lipinski definition) is 2. The Morgan fingerprint density at radius 2 is 0.971 bits per heavy atom. The van der Waals surface area contributed by atoms with Gasteiger partial charge in [-0.1, -0.05) is 26.7 Å². The minimum atomic E-state index is -8.47. The van der Waals surface area contributed by atoms with Crippen molar-refractivity contribution in [1.82, 2.24) is 0 Å². The Labute approximate surface area is 187 Å². The fraction of sp³-hybridized carbons (Fsp3) is 0.941. The number of hydrogen-bond donors (Lipinski definition) is 0. The maximum Gasteiger partial charge on any atom is 0.385 e. The molecule has 35 heavy (non-hydrogen) atoms. The Morgan fingerprint density at radius 3 is 1.31 bits per heavy atom. The molecule has 2 nitrogen and oxygen atoms in total. The molecule has 0 aliphatic rings. The Hall–Kier alpha value is -1.65. The van der Waals surface area contributed by atoms with Crippen molar-refractivity contribution in [1.29, 1.82) is 0 Å². The van der Waals surface area contributed by atoms with Crippen molar-refractivity contribution in [3.63, 3.8) is 0 Å². The summed E-state index contributed by atoms with van der Waals surface area (Å²) in [5, 5.41) is 0. The number of rotatable bonds is 14. The van der Waals surface area contributed by atoms with E-state index in [1.165, 1.54) is 13.8 Å². The number of carbonyl (C=O) groups is 1. The normalized spacial score (nSPS) is 15.2. The molecule has 0 aliphatic heterocycles. The maximum absolute atomic E-state index is 13.7. The van der Waals surface area contributed by atoms with Crippen LogP contribution in [0.15, 0.2) is 0 Å². The van der Waals surface area contributed by atoms with Crippen LogP contribution in [0.3, 0.4) is 0 Å². The standard InChI is InChI=1S/C17H18F16O2/c1-3-5-8(6-4-2)9(34)35-7-11(20,21)13(24,25)15(28,29)17(32,33)16(30,31)14(26,27)12(22,23)10(18)19/h8,10H,3-7H2,1-2H3. The second-order valence-corrected chi connectivity index (χ2v) is 7.38. The molecular formula is C17H18F16O2. The molecular weight excluding hydrogens is 540 g/mol. The number of alkyl halides is 16. The molecule has 0 atom stereocenters. The fourth-order valence-corrected chi connectivity index (χ4v) is 2.61. The Balaban J connectivity index is 6.25. The smallest absolute Gasteiger partial charge is 0.385 e. The van der Waals surface area contributed by atoms with E-state index >= 15 is 0 Å². The third kappa shape index (κ3) is 5.39. The molecule has 0 bridgehead atoms. The molecule has 0 unspecified atom stereocenters. The summed E-state index contributed by atoms with van der Waals surface area (Å²) in [7, 11) is 0. The molecule has 210 valence electrons. The monoisotopic (exact) mass is 558 g/mol. The van der Waals surface area contributed by atoms with Gasteiger partial charge in [-0.15, -0.1) is 0 Å². The van der Waals surface area contributed by atoms with Crippen LogP contribution in [0.5, 0.6) is 0 Å². The average Bonchev–Trinajstić information content (AvgIpc) is 2.70. The van der Waals surface area contributed by atoms with Crippen LogP contribution in [-0.2, 0) is 9.53 Å². The molecule has 0 saturated heterocycles. The summed E-state index contributed by atoms with van der Waals surface area (Å²) >= 11 is 0. The van der Waals surface area contributed by atoms with Gasteiger partial charge in [-0.3, -0.25) is 4.79 Å². The van der Waals surface area contributed by atoms with Gasteiger partial charge in [-0.05, 0) is 12.8 Å². The van der Waals surface area contributed by atoms with E-state index in [0.717, 1.165) is 0 Å². The molecule has 0 heterocycles. The number of carbonyl (C=O) groups excluding carboxylic acids is 1. The summed E-state index contributed by atoms with van der Waals surface area (Å²) in [5.74, 6) is -58.2. The lowest BCUT2D eigenvalue weighted by atomic mass is 9.89. The van der Waals surface area contributed by atoms with Gasteiger partial charge in [0.05, 0.1) is 5.92 Å². The van der Waals surface area contributed by atoms with Crippen LogP contribution < -0.4 is 0 Å². The third-order valence-electron chi connectivity index (χ3n) is 4.73. The van der Waals surface area contributed by atoms with Gasteiger partial charge in [-0.2, -0.15) is 61.5 Å². The van der Waals surface area contributed by atoms with Gasteiger partial charge in [-0.25, -0.2) is 8.78 Å². The zero-order valence-corrected chi connectivity index (χ0v) is 17.6. The molecule has 0 aromatic heterocycles. The van der Waals surface area contributed by atoms with Crippen molar-refractivity contribution < 1.29 is 79.8 Å². The van der Waals surface area contributed by atoms with Crippen molar-refractivity contribution in [3.05, 3.63) is 0 Å². The summed E-state index contributed by atoms with van der Waals surface area (Å²) in [6.07, 6.45) is -5.69. The zero-order valence-electron chi connectivity index (χ0n) is 17.6. The number of ether oxygens (including phenoxy) is 1. The molecule has 18 heteroatoms. The van der Waals surface area contributed by atoms with Crippen LogP contribution in [0.2, 0.25) is 0 Å². The first-order chi connectivity index (χ1) is 15.3. The van der Waals surface area contributed by atoms with Crippen molar-refractivity contribution in [2.24, 2.45) is 5.92 Å². The molecule has 0 aliphatic carbocycles. The summed E-state index contributed by atoms with van der Waals surface area (Å²) in [4.78, 5) is 11.7. The maximum atomic E-state index is 13.7. The molecule has 0 fully saturated rings. The fourth-order valence-electron chi connectivity index (χ4n) is 2.61. The van der Waals surface area contributed by atoms with Crippen LogP contribution in [-0.4, -0.2) is 60.5 Å². The van der Waals surface area contributed by atoms with E-state index in [2.05, 4.69) is 4.74 Å². The first kappa shape index (κ1) is 33.4. The molecule has 0 N–H and O–H groups in total. The van der Waals surface area contributed by atoms with Crippen LogP contribution in [0.4, 0.5) is 70.2 Å². The van der Waals surface area contributed by atoms with Crippen LogP contribution in [0.1, 0.15) is 39.5 Å². The Kier molecular flexibility index (Phi) is 9.89. The third-order valence-corrected chi connectivity index (χ3v) is 4.73. The predicted molar refractivity (Wildman–Crippen MR) is 84.9 cm³/mol. The molecule has 0 saturated carbocycles. The van der Waals surface area contributed by atoms with E-state index in [0.29, 0.717) is 0 Å². The zero-order chi connectivity index (χ0) is 28.5.